The Balaban J connectivity index is 2.06. The van der Waals surface area contributed by atoms with Gasteiger partial charge in [-0.15, -0.1) is 0 Å². The number of hydrogen-bond acceptors (Lipinski definition) is 2. The first kappa shape index (κ1) is 11.9. The second-order valence-electron chi connectivity index (χ2n) is 4.83. The highest BCUT2D eigenvalue weighted by molar-refractivity contribution is 6.03. The molecule has 0 bridgehead atoms. The Kier molecular flexibility index (Phi) is 3.03. The molecule has 0 aromatic heterocycles. The zero-order valence-corrected chi connectivity index (χ0v) is 10.7. The van der Waals surface area contributed by atoms with E-state index >= 15 is 0 Å². The minimum absolute atomic E-state index is 0.218. The van der Waals surface area contributed by atoms with Crippen LogP contribution in [0, 0.1) is 5.82 Å². The van der Waals surface area contributed by atoms with E-state index in [1.165, 1.54) is 12.1 Å². The molecule has 3 rings (SSSR count). The predicted octanol–water partition coefficient (Wildman–Crippen LogP) is 4.15. The highest BCUT2D eigenvalue weighted by Gasteiger charge is 2.15. The lowest BCUT2D eigenvalue weighted by atomic mass is 10.0. The minimum Gasteiger partial charge on any atom is -0.380 e. The zero-order valence-electron chi connectivity index (χ0n) is 10.7. The molecule has 1 aliphatic heterocycles. The van der Waals surface area contributed by atoms with Crippen molar-refractivity contribution in [2.75, 3.05) is 5.32 Å². The van der Waals surface area contributed by atoms with Gasteiger partial charge < -0.3 is 5.32 Å². The average Bonchev–Trinajstić information content (AvgIpc) is 2.57. The Hall–Kier alpha value is -2.16. The zero-order chi connectivity index (χ0) is 13.2. The summed E-state index contributed by atoms with van der Waals surface area (Å²) >= 11 is 0. The van der Waals surface area contributed by atoms with Gasteiger partial charge in [0.1, 0.15) is 5.82 Å². The van der Waals surface area contributed by atoms with Crippen LogP contribution in [-0.2, 0) is 0 Å². The third-order valence-electron chi connectivity index (χ3n) is 3.24. The molecule has 2 aromatic rings. The maximum absolute atomic E-state index is 13.0. The number of nitrogens with zero attached hydrogens (tertiary/aromatic N) is 1. The molecule has 1 atom stereocenters. The summed E-state index contributed by atoms with van der Waals surface area (Å²) in [5.41, 5.74) is 3.95. The molecule has 0 saturated heterocycles. The van der Waals surface area contributed by atoms with Gasteiger partial charge in [0.05, 0.1) is 17.1 Å². The van der Waals surface area contributed by atoms with Gasteiger partial charge in [-0.3, -0.25) is 4.99 Å². The van der Waals surface area contributed by atoms with Crippen LogP contribution in [0.4, 0.5) is 15.8 Å². The van der Waals surface area contributed by atoms with Crippen molar-refractivity contribution in [3.05, 3.63) is 59.9 Å². The first-order chi connectivity index (χ1) is 9.22. The summed E-state index contributed by atoms with van der Waals surface area (Å²) in [6, 6.07) is 14.8. The number of fused-ring (bicyclic) bond motifs is 1. The van der Waals surface area contributed by atoms with Gasteiger partial charge in [-0.2, -0.15) is 0 Å². The first-order valence-corrected chi connectivity index (χ1v) is 6.41. The van der Waals surface area contributed by atoms with Crippen molar-refractivity contribution in [1.29, 1.82) is 0 Å². The van der Waals surface area contributed by atoms with E-state index < -0.39 is 0 Å². The summed E-state index contributed by atoms with van der Waals surface area (Å²) < 4.78 is 13.0. The molecule has 0 saturated carbocycles. The van der Waals surface area contributed by atoms with Crippen LogP contribution in [0.1, 0.15) is 18.9 Å². The molecule has 19 heavy (non-hydrogen) atoms. The van der Waals surface area contributed by atoms with E-state index in [0.29, 0.717) is 6.04 Å². The summed E-state index contributed by atoms with van der Waals surface area (Å²) in [6.07, 6.45) is 0.820. The molecular formula is C16H15FN2. The van der Waals surface area contributed by atoms with E-state index in [4.69, 9.17) is 4.99 Å². The molecule has 1 N–H and O–H groups in total. The molecular weight excluding hydrogens is 239 g/mol. The molecule has 0 radical (unpaired) electrons. The van der Waals surface area contributed by atoms with Crippen LogP contribution in [0.2, 0.25) is 0 Å². The molecule has 2 nitrogen and oxygen atoms in total. The molecule has 1 heterocycles. The molecule has 0 spiro atoms. The topological polar surface area (TPSA) is 24.4 Å². The van der Waals surface area contributed by atoms with Gasteiger partial charge in [0, 0.05) is 12.5 Å². The van der Waals surface area contributed by atoms with Gasteiger partial charge >= 0.3 is 0 Å². The fraction of sp³-hybridized carbons (Fsp3) is 0.188. The van der Waals surface area contributed by atoms with Gasteiger partial charge in [0.2, 0.25) is 0 Å². The monoisotopic (exact) mass is 254 g/mol. The van der Waals surface area contributed by atoms with Crippen molar-refractivity contribution in [3.63, 3.8) is 0 Å². The SMILES string of the molecule is C[C@@H]1CC(c2ccc(F)cc2)=Nc2ccccc2N1. The van der Waals surface area contributed by atoms with Crippen LogP contribution in [0.3, 0.4) is 0 Å². The van der Waals surface area contributed by atoms with Crippen molar-refractivity contribution < 1.29 is 4.39 Å². The van der Waals surface area contributed by atoms with Gasteiger partial charge in [0.15, 0.2) is 0 Å². The summed E-state index contributed by atoms with van der Waals surface area (Å²) in [4.78, 5) is 4.72. The van der Waals surface area contributed by atoms with E-state index in [9.17, 15) is 4.39 Å². The largest absolute Gasteiger partial charge is 0.380 e. The molecule has 1 aliphatic rings. The molecule has 0 unspecified atom stereocenters. The van der Waals surface area contributed by atoms with E-state index in [-0.39, 0.29) is 5.82 Å². The summed E-state index contributed by atoms with van der Waals surface area (Å²) in [7, 11) is 0. The number of nitrogens with one attached hydrogen (secondary N) is 1. The lowest BCUT2D eigenvalue weighted by molar-refractivity contribution is 0.627. The Bertz CT molecular complexity index is 617. The number of hydrogen-bond donors (Lipinski definition) is 1. The Morgan fingerprint density at radius 1 is 1.11 bits per heavy atom. The van der Waals surface area contributed by atoms with Crippen molar-refractivity contribution in [2.24, 2.45) is 4.99 Å². The molecule has 3 heteroatoms. The number of benzene rings is 2. The summed E-state index contributed by atoms with van der Waals surface area (Å²) in [5.74, 6) is -0.218. The van der Waals surface area contributed by atoms with Crippen molar-refractivity contribution in [3.8, 4) is 0 Å². The second-order valence-corrected chi connectivity index (χ2v) is 4.83. The molecule has 96 valence electrons. The van der Waals surface area contributed by atoms with E-state index in [2.05, 4.69) is 12.2 Å². The van der Waals surface area contributed by atoms with Gasteiger partial charge in [-0.05, 0) is 36.8 Å². The third-order valence-corrected chi connectivity index (χ3v) is 3.24. The fourth-order valence-electron chi connectivity index (χ4n) is 2.32. The van der Waals surface area contributed by atoms with Gasteiger partial charge in [-0.25, -0.2) is 4.39 Å². The quantitative estimate of drug-likeness (QED) is 0.812. The van der Waals surface area contributed by atoms with Crippen LogP contribution < -0.4 is 5.32 Å². The van der Waals surface area contributed by atoms with Gasteiger partial charge in [0.25, 0.3) is 0 Å². The lowest BCUT2D eigenvalue weighted by Gasteiger charge is -2.13. The van der Waals surface area contributed by atoms with E-state index in [0.717, 1.165) is 29.1 Å². The Labute approximate surface area is 112 Å². The highest BCUT2D eigenvalue weighted by Crippen LogP contribution is 2.29. The molecule has 0 aliphatic carbocycles. The summed E-state index contributed by atoms with van der Waals surface area (Å²) in [5, 5.41) is 3.44. The Morgan fingerprint density at radius 3 is 2.63 bits per heavy atom. The fourth-order valence-corrected chi connectivity index (χ4v) is 2.32. The third kappa shape index (κ3) is 2.50. The number of rotatable bonds is 1. The van der Waals surface area contributed by atoms with Gasteiger partial charge in [-0.1, -0.05) is 24.3 Å². The maximum Gasteiger partial charge on any atom is 0.123 e. The molecule has 2 aromatic carbocycles. The van der Waals surface area contributed by atoms with Crippen LogP contribution in [0.25, 0.3) is 0 Å². The predicted molar refractivity (Wildman–Crippen MR) is 76.7 cm³/mol. The normalized spacial score (nSPS) is 18.0. The smallest absolute Gasteiger partial charge is 0.123 e. The minimum atomic E-state index is -0.218. The average molecular weight is 254 g/mol. The van der Waals surface area contributed by atoms with Crippen LogP contribution in [-0.4, -0.2) is 11.8 Å². The van der Waals surface area contributed by atoms with Crippen LogP contribution in [0.5, 0.6) is 0 Å². The molecule has 0 amide bonds. The van der Waals surface area contributed by atoms with E-state index in [1.54, 1.807) is 12.1 Å². The first-order valence-electron chi connectivity index (χ1n) is 6.41. The number of anilines is 1. The number of para-hydroxylation sites is 2. The number of aliphatic imine (C=N–C) groups is 1. The highest BCUT2D eigenvalue weighted by atomic mass is 19.1. The van der Waals surface area contributed by atoms with Crippen LogP contribution in [0.15, 0.2) is 53.5 Å². The maximum atomic E-state index is 13.0. The van der Waals surface area contributed by atoms with Crippen molar-refractivity contribution in [1.82, 2.24) is 0 Å². The Morgan fingerprint density at radius 2 is 1.84 bits per heavy atom. The number of halogens is 1. The summed E-state index contributed by atoms with van der Waals surface area (Å²) in [6.45, 7) is 2.13. The van der Waals surface area contributed by atoms with Crippen molar-refractivity contribution in [2.45, 2.75) is 19.4 Å². The lowest BCUT2D eigenvalue weighted by Crippen LogP contribution is -2.18. The van der Waals surface area contributed by atoms with Crippen molar-refractivity contribution >= 4 is 17.1 Å². The van der Waals surface area contributed by atoms with E-state index in [1.807, 2.05) is 24.3 Å². The van der Waals surface area contributed by atoms with Crippen LogP contribution >= 0.6 is 0 Å². The standard InChI is InChI=1S/C16H15FN2/c1-11-10-16(12-6-8-13(17)9-7-12)19-15-5-3-2-4-14(15)18-11/h2-9,11,18H,10H2,1H3/t11-/m1/s1. The second kappa shape index (κ2) is 4.84. The molecule has 0 fully saturated rings.